The van der Waals surface area contributed by atoms with Crippen LogP contribution in [0.15, 0.2) is 0 Å². The minimum atomic E-state index is 0.435. The molecule has 2 heterocycles. The second-order valence-corrected chi connectivity index (χ2v) is 5.00. The lowest BCUT2D eigenvalue weighted by Crippen LogP contribution is -2.45. The fourth-order valence-electron chi connectivity index (χ4n) is 2.32. The molecule has 17 heavy (non-hydrogen) atoms. The summed E-state index contributed by atoms with van der Waals surface area (Å²) in [6.07, 6.45) is 0. The van der Waals surface area contributed by atoms with Gasteiger partial charge in [0.15, 0.2) is 0 Å². The highest BCUT2D eigenvalue weighted by atomic mass is 32.1. The maximum atomic E-state index is 5.80. The summed E-state index contributed by atoms with van der Waals surface area (Å²) in [6.45, 7) is 6.05. The number of rotatable bonds is 2. The maximum absolute atomic E-state index is 5.80. The van der Waals surface area contributed by atoms with E-state index in [0.717, 1.165) is 43.3 Å². The third kappa shape index (κ3) is 2.28. The largest absolute Gasteiger partial charge is 0.389 e. The van der Waals surface area contributed by atoms with E-state index in [4.69, 9.17) is 18.0 Å². The molecule has 1 aromatic heterocycles. The van der Waals surface area contributed by atoms with Gasteiger partial charge in [-0.25, -0.2) is 0 Å². The number of thiocarbonyl (C=S) groups is 1. The van der Waals surface area contributed by atoms with Gasteiger partial charge < -0.3 is 15.5 Å². The van der Waals surface area contributed by atoms with E-state index in [0.29, 0.717) is 4.99 Å². The molecule has 0 aromatic carbocycles. The molecular formula is C11H19N5S. The van der Waals surface area contributed by atoms with Crippen molar-refractivity contribution in [3.8, 4) is 0 Å². The predicted octanol–water partition coefficient (Wildman–Crippen LogP) is 0.115. The molecule has 1 saturated heterocycles. The van der Waals surface area contributed by atoms with Crippen LogP contribution in [0.25, 0.3) is 0 Å². The summed E-state index contributed by atoms with van der Waals surface area (Å²) in [5.41, 5.74) is 7.64. The fraction of sp³-hybridized carbons (Fsp3) is 0.636. The Balaban J connectivity index is 2.34. The molecule has 0 amide bonds. The Morgan fingerprint density at radius 2 is 1.82 bits per heavy atom. The smallest absolute Gasteiger partial charge is 0.137 e. The van der Waals surface area contributed by atoms with E-state index in [1.807, 2.05) is 18.7 Å². The molecule has 0 aliphatic carbocycles. The first kappa shape index (κ1) is 12.3. The third-order valence-electron chi connectivity index (χ3n) is 3.24. The van der Waals surface area contributed by atoms with Crippen molar-refractivity contribution < 1.29 is 0 Å². The standard InChI is InChI=1S/C11H19N5S/c1-8-9(10(12)17)11(15(3)13-8)16-6-4-14(2)5-7-16/h4-7H2,1-3H3,(H2,12,17). The summed E-state index contributed by atoms with van der Waals surface area (Å²) in [5, 5.41) is 4.42. The molecule has 0 spiro atoms. The van der Waals surface area contributed by atoms with Crippen LogP contribution in [0.3, 0.4) is 0 Å². The predicted molar refractivity (Wildman–Crippen MR) is 73.5 cm³/mol. The Morgan fingerprint density at radius 3 is 2.35 bits per heavy atom. The molecule has 0 saturated carbocycles. The quantitative estimate of drug-likeness (QED) is 0.759. The van der Waals surface area contributed by atoms with Crippen molar-refractivity contribution in [2.24, 2.45) is 12.8 Å². The highest BCUT2D eigenvalue weighted by Crippen LogP contribution is 2.24. The summed E-state index contributed by atoms with van der Waals surface area (Å²) in [5.74, 6) is 1.06. The number of nitrogens with zero attached hydrogens (tertiary/aromatic N) is 4. The number of likely N-dealkylation sites (N-methyl/N-ethyl adjacent to an activating group) is 1. The van der Waals surface area contributed by atoms with E-state index in [1.165, 1.54) is 0 Å². The van der Waals surface area contributed by atoms with Gasteiger partial charge in [-0.05, 0) is 14.0 Å². The van der Waals surface area contributed by atoms with Crippen LogP contribution in [0, 0.1) is 6.92 Å². The summed E-state index contributed by atoms with van der Waals surface area (Å²) < 4.78 is 1.88. The van der Waals surface area contributed by atoms with Gasteiger partial charge in [-0.1, -0.05) is 12.2 Å². The normalized spacial score (nSPS) is 17.5. The molecular weight excluding hydrogens is 234 g/mol. The lowest BCUT2D eigenvalue weighted by Gasteiger charge is -2.34. The van der Waals surface area contributed by atoms with E-state index in [9.17, 15) is 0 Å². The van der Waals surface area contributed by atoms with Crippen molar-refractivity contribution in [3.05, 3.63) is 11.3 Å². The number of aromatic nitrogens is 2. The Morgan fingerprint density at radius 1 is 1.24 bits per heavy atom. The SMILES string of the molecule is Cc1nn(C)c(N2CCN(C)CC2)c1C(N)=S. The van der Waals surface area contributed by atoms with Crippen molar-refractivity contribution in [1.82, 2.24) is 14.7 Å². The second-order valence-electron chi connectivity index (χ2n) is 4.56. The van der Waals surface area contributed by atoms with Crippen molar-refractivity contribution in [1.29, 1.82) is 0 Å². The van der Waals surface area contributed by atoms with Crippen molar-refractivity contribution in [2.45, 2.75) is 6.92 Å². The van der Waals surface area contributed by atoms with Crippen molar-refractivity contribution in [2.75, 3.05) is 38.1 Å². The van der Waals surface area contributed by atoms with Gasteiger partial charge in [0.1, 0.15) is 10.8 Å². The zero-order valence-corrected chi connectivity index (χ0v) is 11.4. The van der Waals surface area contributed by atoms with Gasteiger partial charge in [-0.3, -0.25) is 4.68 Å². The van der Waals surface area contributed by atoms with Crippen molar-refractivity contribution >= 4 is 23.0 Å². The zero-order chi connectivity index (χ0) is 12.6. The number of piperazine rings is 1. The summed E-state index contributed by atoms with van der Waals surface area (Å²) >= 11 is 5.13. The fourth-order valence-corrected chi connectivity index (χ4v) is 2.55. The number of hydrogen-bond acceptors (Lipinski definition) is 4. The Kier molecular flexibility index (Phi) is 3.35. The number of aryl methyl sites for hydroxylation is 2. The lowest BCUT2D eigenvalue weighted by molar-refractivity contribution is 0.311. The molecule has 6 heteroatoms. The summed E-state index contributed by atoms with van der Waals surface area (Å²) in [6, 6.07) is 0. The highest BCUT2D eigenvalue weighted by molar-refractivity contribution is 7.80. The molecule has 0 bridgehead atoms. The maximum Gasteiger partial charge on any atom is 0.137 e. The van der Waals surface area contributed by atoms with Gasteiger partial charge >= 0.3 is 0 Å². The Bertz CT molecular complexity index is 431. The van der Waals surface area contributed by atoms with Gasteiger partial charge in [-0.15, -0.1) is 0 Å². The molecule has 0 atom stereocenters. The summed E-state index contributed by atoms with van der Waals surface area (Å²) in [7, 11) is 4.09. The van der Waals surface area contributed by atoms with Gasteiger partial charge in [0.25, 0.3) is 0 Å². The molecule has 1 fully saturated rings. The molecule has 1 aromatic rings. The third-order valence-corrected chi connectivity index (χ3v) is 3.45. The van der Waals surface area contributed by atoms with Crippen molar-refractivity contribution in [3.63, 3.8) is 0 Å². The molecule has 1 aliphatic rings. The Labute approximate surface area is 107 Å². The first-order valence-corrected chi connectivity index (χ1v) is 6.18. The average molecular weight is 253 g/mol. The molecule has 0 radical (unpaired) electrons. The van der Waals surface area contributed by atoms with Crippen LogP contribution in [0.5, 0.6) is 0 Å². The van der Waals surface area contributed by atoms with Gasteiger partial charge in [0.2, 0.25) is 0 Å². The number of anilines is 1. The highest BCUT2D eigenvalue weighted by Gasteiger charge is 2.23. The minimum Gasteiger partial charge on any atom is -0.389 e. The van der Waals surface area contributed by atoms with Crippen LogP contribution in [0.2, 0.25) is 0 Å². The molecule has 1 aliphatic heterocycles. The van der Waals surface area contributed by atoms with Crippen LogP contribution < -0.4 is 10.6 Å². The topological polar surface area (TPSA) is 50.3 Å². The molecule has 0 unspecified atom stereocenters. The second kappa shape index (κ2) is 4.62. The molecule has 94 valence electrons. The molecule has 2 N–H and O–H groups in total. The first-order chi connectivity index (χ1) is 8.00. The zero-order valence-electron chi connectivity index (χ0n) is 10.6. The Hall–Kier alpha value is -1.14. The van der Waals surface area contributed by atoms with Crippen LogP contribution in [-0.2, 0) is 7.05 Å². The van der Waals surface area contributed by atoms with Crippen LogP contribution in [0.1, 0.15) is 11.3 Å². The summed E-state index contributed by atoms with van der Waals surface area (Å²) in [4.78, 5) is 5.07. The number of hydrogen-bond donors (Lipinski definition) is 1. The van der Waals surface area contributed by atoms with Crippen LogP contribution >= 0.6 is 12.2 Å². The van der Waals surface area contributed by atoms with E-state index in [1.54, 1.807) is 0 Å². The van der Waals surface area contributed by atoms with Gasteiger partial charge in [0.05, 0.1) is 11.3 Å². The molecule has 2 rings (SSSR count). The van der Waals surface area contributed by atoms with Crippen LogP contribution in [0.4, 0.5) is 5.82 Å². The van der Waals surface area contributed by atoms with Crippen LogP contribution in [-0.4, -0.2) is 52.9 Å². The van der Waals surface area contributed by atoms with Gasteiger partial charge in [-0.2, -0.15) is 5.10 Å². The van der Waals surface area contributed by atoms with E-state index in [-0.39, 0.29) is 0 Å². The van der Waals surface area contributed by atoms with E-state index >= 15 is 0 Å². The lowest BCUT2D eigenvalue weighted by atomic mass is 10.2. The van der Waals surface area contributed by atoms with E-state index in [2.05, 4.69) is 21.9 Å². The monoisotopic (exact) mass is 253 g/mol. The number of nitrogens with two attached hydrogens (primary N) is 1. The first-order valence-electron chi connectivity index (χ1n) is 5.77. The van der Waals surface area contributed by atoms with E-state index < -0.39 is 0 Å². The minimum absolute atomic E-state index is 0.435. The average Bonchev–Trinajstić information content (AvgIpc) is 2.55. The van der Waals surface area contributed by atoms with Gasteiger partial charge in [0, 0.05) is 33.2 Å². The molecule has 5 nitrogen and oxygen atoms in total.